The molecule has 0 N–H and O–H groups in total. The van der Waals surface area contributed by atoms with Crippen LogP contribution in [0.2, 0.25) is 0 Å². The van der Waals surface area contributed by atoms with Crippen LogP contribution in [0.4, 0.5) is 0 Å². The Labute approximate surface area is 89.6 Å². The second kappa shape index (κ2) is 3.32. The topological polar surface area (TPSA) is 44.5 Å². The molecule has 1 aromatic rings. The summed E-state index contributed by atoms with van der Waals surface area (Å²) < 4.78 is 16.8. The van der Waals surface area contributed by atoms with E-state index in [2.05, 4.69) is 18.8 Å². The van der Waals surface area contributed by atoms with Gasteiger partial charge in [0, 0.05) is 5.41 Å². The molecule has 0 saturated carbocycles. The molecular weight excluding hydrogens is 194 g/mol. The number of nitrogens with zero attached hydrogens (tertiary/aromatic N) is 1. The number of aromatic nitrogens is 1. The molecule has 2 rings (SSSR count). The fraction of sp³-hybridized carbons (Fsp3) is 0.727. The molecule has 4 heteroatoms. The van der Waals surface area contributed by atoms with Crippen molar-refractivity contribution in [2.24, 2.45) is 5.41 Å². The molecule has 0 radical (unpaired) electrons. The van der Waals surface area contributed by atoms with Crippen LogP contribution in [0.3, 0.4) is 0 Å². The van der Waals surface area contributed by atoms with Crippen LogP contribution in [-0.4, -0.2) is 17.4 Å². The molecule has 1 fully saturated rings. The molecule has 15 heavy (non-hydrogen) atoms. The molecule has 0 amide bonds. The molecule has 0 spiro atoms. The molecule has 1 aliphatic rings. The maximum atomic E-state index is 5.85. The minimum atomic E-state index is -0.575. The van der Waals surface area contributed by atoms with Crippen LogP contribution in [0, 0.1) is 5.41 Å². The van der Waals surface area contributed by atoms with Crippen LogP contribution < -0.4 is 0 Å². The lowest BCUT2D eigenvalue weighted by Crippen LogP contribution is -2.45. The summed E-state index contributed by atoms with van der Waals surface area (Å²) in [4.78, 5) is 4.15. The Morgan fingerprint density at radius 3 is 2.67 bits per heavy atom. The summed E-state index contributed by atoms with van der Waals surface area (Å²) in [5.74, 6) is 0.0469. The van der Waals surface area contributed by atoms with Gasteiger partial charge in [-0.3, -0.25) is 0 Å². The molecule has 1 aliphatic heterocycles. The highest BCUT2D eigenvalue weighted by Crippen LogP contribution is 2.43. The lowest BCUT2D eigenvalue weighted by atomic mass is 9.86. The Morgan fingerprint density at radius 1 is 1.33 bits per heavy atom. The minimum Gasteiger partial charge on any atom is -0.446 e. The van der Waals surface area contributed by atoms with Crippen molar-refractivity contribution < 1.29 is 13.9 Å². The molecule has 84 valence electrons. The van der Waals surface area contributed by atoms with E-state index in [4.69, 9.17) is 13.9 Å². The SMILES string of the molecule is CC1(C)OCC(C)(C)C(c2ncco2)O1. The molecular formula is C11H17NO3. The molecule has 2 heterocycles. The first-order chi connectivity index (χ1) is 6.91. The Morgan fingerprint density at radius 2 is 2.07 bits per heavy atom. The van der Waals surface area contributed by atoms with E-state index < -0.39 is 5.79 Å². The smallest absolute Gasteiger partial charge is 0.223 e. The van der Waals surface area contributed by atoms with Gasteiger partial charge in [-0.25, -0.2) is 4.98 Å². The fourth-order valence-electron chi connectivity index (χ4n) is 1.66. The van der Waals surface area contributed by atoms with E-state index in [1.54, 1.807) is 12.5 Å². The second-order valence-corrected chi connectivity index (χ2v) is 5.05. The quantitative estimate of drug-likeness (QED) is 0.716. The lowest BCUT2D eigenvalue weighted by Gasteiger charge is -2.44. The van der Waals surface area contributed by atoms with Gasteiger partial charge in [0.25, 0.3) is 0 Å². The predicted octanol–water partition coefficient (Wildman–Crippen LogP) is 2.52. The van der Waals surface area contributed by atoms with Gasteiger partial charge in [0.05, 0.1) is 12.8 Å². The van der Waals surface area contributed by atoms with Crippen molar-refractivity contribution in [1.82, 2.24) is 4.98 Å². The van der Waals surface area contributed by atoms with Crippen LogP contribution in [0.25, 0.3) is 0 Å². The average Bonchev–Trinajstić information content (AvgIpc) is 2.62. The average molecular weight is 211 g/mol. The second-order valence-electron chi connectivity index (χ2n) is 5.05. The van der Waals surface area contributed by atoms with Crippen LogP contribution >= 0.6 is 0 Å². The molecule has 0 bridgehead atoms. The first-order valence-corrected chi connectivity index (χ1v) is 5.12. The van der Waals surface area contributed by atoms with Crippen molar-refractivity contribution in [3.63, 3.8) is 0 Å². The van der Waals surface area contributed by atoms with Gasteiger partial charge in [0.15, 0.2) is 5.79 Å². The normalized spacial score (nSPS) is 28.9. The van der Waals surface area contributed by atoms with Gasteiger partial charge >= 0.3 is 0 Å². The number of hydrogen-bond acceptors (Lipinski definition) is 4. The number of rotatable bonds is 1. The van der Waals surface area contributed by atoms with E-state index in [-0.39, 0.29) is 11.5 Å². The van der Waals surface area contributed by atoms with Crippen molar-refractivity contribution in [2.45, 2.75) is 39.6 Å². The summed E-state index contributed by atoms with van der Waals surface area (Å²) in [6.45, 7) is 8.59. The summed E-state index contributed by atoms with van der Waals surface area (Å²) in [6.07, 6.45) is 3.05. The fourth-order valence-corrected chi connectivity index (χ4v) is 1.66. The predicted molar refractivity (Wildman–Crippen MR) is 54.1 cm³/mol. The highest BCUT2D eigenvalue weighted by atomic mass is 16.7. The summed E-state index contributed by atoms with van der Waals surface area (Å²) in [6, 6.07) is 0. The van der Waals surface area contributed by atoms with Crippen molar-refractivity contribution in [1.29, 1.82) is 0 Å². The monoisotopic (exact) mass is 211 g/mol. The molecule has 1 unspecified atom stereocenters. The van der Waals surface area contributed by atoms with Crippen LogP contribution in [-0.2, 0) is 9.47 Å². The maximum Gasteiger partial charge on any atom is 0.223 e. The molecule has 0 aromatic carbocycles. The van der Waals surface area contributed by atoms with Gasteiger partial charge in [-0.1, -0.05) is 13.8 Å². The zero-order chi connectivity index (χ0) is 11.1. The summed E-state index contributed by atoms with van der Waals surface area (Å²) in [7, 11) is 0. The van der Waals surface area contributed by atoms with E-state index in [9.17, 15) is 0 Å². The zero-order valence-corrected chi connectivity index (χ0v) is 9.61. The third-order valence-corrected chi connectivity index (χ3v) is 2.58. The van der Waals surface area contributed by atoms with Crippen LogP contribution in [0.5, 0.6) is 0 Å². The van der Waals surface area contributed by atoms with Crippen LogP contribution in [0.1, 0.15) is 39.7 Å². The van der Waals surface area contributed by atoms with E-state index in [1.165, 1.54) is 0 Å². The Hall–Kier alpha value is -0.870. The lowest BCUT2D eigenvalue weighted by molar-refractivity contribution is -0.319. The first-order valence-electron chi connectivity index (χ1n) is 5.12. The van der Waals surface area contributed by atoms with Crippen molar-refractivity contribution >= 4 is 0 Å². The standard InChI is InChI=1S/C11H17NO3/c1-10(2)7-14-11(3,4)15-8(10)9-12-5-6-13-9/h5-6,8H,7H2,1-4H3. The van der Waals surface area contributed by atoms with Crippen molar-refractivity contribution in [3.8, 4) is 0 Å². The number of ether oxygens (including phenoxy) is 2. The Bertz CT molecular complexity index is 330. The van der Waals surface area contributed by atoms with Gasteiger partial charge in [-0.2, -0.15) is 0 Å². The number of hydrogen-bond donors (Lipinski definition) is 0. The van der Waals surface area contributed by atoms with Gasteiger partial charge in [-0.05, 0) is 13.8 Å². The van der Waals surface area contributed by atoms with Crippen molar-refractivity contribution in [3.05, 3.63) is 18.4 Å². The minimum absolute atomic E-state index is 0.125. The Balaban J connectivity index is 2.27. The van der Waals surface area contributed by atoms with Crippen molar-refractivity contribution in [2.75, 3.05) is 6.61 Å². The van der Waals surface area contributed by atoms with E-state index in [1.807, 2.05) is 13.8 Å². The number of oxazole rings is 1. The third kappa shape index (κ3) is 2.06. The van der Waals surface area contributed by atoms with Gasteiger partial charge < -0.3 is 13.9 Å². The molecule has 0 aliphatic carbocycles. The molecule has 4 nitrogen and oxygen atoms in total. The van der Waals surface area contributed by atoms with E-state index in [0.717, 1.165) is 0 Å². The maximum absolute atomic E-state index is 5.85. The third-order valence-electron chi connectivity index (χ3n) is 2.58. The summed E-state index contributed by atoms with van der Waals surface area (Å²) in [5.41, 5.74) is -0.125. The van der Waals surface area contributed by atoms with E-state index >= 15 is 0 Å². The van der Waals surface area contributed by atoms with Gasteiger partial charge in [0.2, 0.25) is 5.89 Å². The Kier molecular flexibility index (Phi) is 2.35. The van der Waals surface area contributed by atoms with Crippen LogP contribution in [0.15, 0.2) is 16.9 Å². The molecule has 1 aromatic heterocycles. The molecule has 1 saturated heterocycles. The first kappa shape index (κ1) is 10.6. The molecule has 1 atom stereocenters. The zero-order valence-electron chi connectivity index (χ0n) is 9.61. The highest BCUT2D eigenvalue weighted by Gasteiger charge is 2.44. The van der Waals surface area contributed by atoms with Gasteiger partial charge in [-0.15, -0.1) is 0 Å². The summed E-state index contributed by atoms with van der Waals surface area (Å²) >= 11 is 0. The highest BCUT2D eigenvalue weighted by molar-refractivity contribution is 4.97. The van der Waals surface area contributed by atoms with Gasteiger partial charge in [0.1, 0.15) is 12.4 Å². The largest absolute Gasteiger partial charge is 0.446 e. The summed E-state index contributed by atoms with van der Waals surface area (Å²) in [5, 5.41) is 0. The van der Waals surface area contributed by atoms with E-state index in [0.29, 0.717) is 12.5 Å².